The minimum atomic E-state index is -0.238. The van der Waals surface area contributed by atoms with Gasteiger partial charge < -0.3 is 9.73 Å². The van der Waals surface area contributed by atoms with E-state index in [2.05, 4.69) is 46.3 Å². The smallest absolute Gasteiger partial charge is 0.134 e. The van der Waals surface area contributed by atoms with Crippen LogP contribution in [0.25, 0.3) is 11.0 Å². The molecule has 1 atom stereocenters. The molecule has 110 valence electrons. The number of rotatable bonds is 5. The fourth-order valence-corrected chi connectivity index (χ4v) is 3.72. The number of fused-ring (bicyclic) bond motifs is 1. The monoisotopic (exact) mass is 415 g/mol. The van der Waals surface area contributed by atoms with Gasteiger partial charge in [-0.1, -0.05) is 6.92 Å². The highest BCUT2D eigenvalue weighted by molar-refractivity contribution is 14.1. The standard InChI is InChI=1S/C16H15FINOS/c1-2-5-19-16(11-8-15(18)21-9-11)14-7-10-6-12(17)3-4-13(10)20-14/h3-4,6-9,16,19H,2,5H2,1H3. The molecule has 0 amide bonds. The quantitative estimate of drug-likeness (QED) is 0.571. The zero-order valence-corrected chi connectivity index (χ0v) is 14.5. The lowest BCUT2D eigenvalue weighted by atomic mass is 10.1. The minimum Gasteiger partial charge on any atom is -0.459 e. The maximum Gasteiger partial charge on any atom is 0.134 e. The summed E-state index contributed by atoms with van der Waals surface area (Å²) < 4.78 is 20.5. The van der Waals surface area contributed by atoms with Gasteiger partial charge in [-0.05, 0) is 76.8 Å². The van der Waals surface area contributed by atoms with E-state index >= 15 is 0 Å². The summed E-state index contributed by atoms with van der Waals surface area (Å²) in [6, 6.07) is 8.72. The average Bonchev–Trinajstić information content (AvgIpc) is 3.05. The normalized spacial score (nSPS) is 12.9. The number of hydrogen-bond donors (Lipinski definition) is 1. The molecule has 1 N–H and O–H groups in total. The zero-order valence-electron chi connectivity index (χ0n) is 11.5. The second kappa shape index (κ2) is 6.46. The molecule has 3 aromatic rings. The Morgan fingerprint density at radius 2 is 2.19 bits per heavy atom. The van der Waals surface area contributed by atoms with Gasteiger partial charge in [-0.15, -0.1) is 11.3 Å². The first kappa shape index (κ1) is 15.0. The number of thiophene rings is 1. The summed E-state index contributed by atoms with van der Waals surface area (Å²) in [6.45, 7) is 3.04. The summed E-state index contributed by atoms with van der Waals surface area (Å²) in [5.74, 6) is 0.594. The van der Waals surface area contributed by atoms with Crippen molar-refractivity contribution in [2.45, 2.75) is 19.4 Å². The molecule has 0 aliphatic rings. The highest BCUT2D eigenvalue weighted by atomic mass is 127. The van der Waals surface area contributed by atoms with E-state index in [0.717, 1.165) is 29.7 Å². The SMILES string of the molecule is CCCNC(c1csc(I)c1)c1cc2cc(F)ccc2o1. The predicted octanol–water partition coefficient (Wildman–Crippen LogP) is 5.33. The fraction of sp³-hybridized carbons (Fsp3) is 0.250. The molecule has 21 heavy (non-hydrogen) atoms. The third kappa shape index (κ3) is 3.30. The number of benzene rings is 1. The third-order valence-electron chi connectivity index (χ3n) is 3.30. The van der Waals surface area contributed by atoms with E-state index in [4.69, 9.17) is 4.42 Å². The summed E-state index contributed by atoms with van der Waals surface area (Å²) in [5.41, 5.74) is 1.91. The lowest BCUT2D eigenvalue weighted by Gasteiger charge is -2.14. The van der Waals surface area contributed by atoms with Crippen LogP contribution in [-0.2, 0) is 0 Å². The fourth-order valence-electron chi connectivity index (χ4n) is 2.32. The van der Waals surface area contributed by atoms with Crippen molar-refractivity contribution in [3.8, 4) is 0 Å². The van der Waals surface area contributed by atoms with Crippen LogP contribution in [0.5, 0.6) is 0 Å². The van der Waals surface area contributed by atoms with Gasteiger partial charge >= 0.3 is 0 Å². The highest BCUT2D eigenvalue weighted by Crippen LogP contribution is 2.31. The Morgan fingerprint density at radius 3 is 2.90 bits per heavy atom. The molecule has 3 rings (SSSR count). The predicted molar refractivity (Wildman–Crippen MR) is 93.3 cm³/mol. The van der Waals surface area contributed by atoms with Crippen LogP contribution in [0.4, 0.5) is 4.39 Å². The van der Waals surface area contributed by atoms with Crippen LogP contribution < -0.4 is 5.32 Å². The molecule has 0 aliphatic heterocycles. The molecule has 2 nitrogen and oxygen atoms in total. The van der Waals surface area contributed by atoms with Crippen molar-refractivity contribution >= 4 is 44.9 Å². The van der Waals surface area contributed by atoms with Gasteiger partial charge in [-0.25, -0.2) is 4.39 Å². The van der Waals surface area contributed by atoms with Crippen LogP contribution in [0.3, 0.4) is 0 Å². The second-order valence-corrected chi connectivity index (χ2v) is 7.71. The summed E-state index contributed by atoms with van der Waals surface area (Å²) in [4.78, 5) is 0. The Balaban J connectivity index is 2.00. The Kier molecular flexibility index (Phi) is 4.61. The molecule has 0 spiro atoms. The van der Waals surface area contributed by atoms with Crippen molar-refractivity contribution in [2.24, 2.45) is 0 Å². The van der Waals surface area contributed by atoms with Gasteiger partial charge in [0.25, 0.3) is 0 Å². The molecule has 1 unspecified atom stereocenters. The van der Waals surface area contributed by atoms with Crippen LogP contribution in [-0.4, -0.2) is 6.54 Å². The van der Waals surface area contributed by atoms with E-state index in [9.17, 15) is 4.39 Å². The number of furan rings is 1. The van der Waals surface area contributed by atoms with Gasteiger partial charge in [0, 0.05) is 5.39 Å². The molecular weight excluding hydrogens is 400 g/mol. The van der Waals surface area contributed by atoms with Gasteiger partial charge in [0.2, 0.25) is 0 Å². The van der Waals surface area contributed by atoms with Gasteiger partial charge in [-0.2, -0.15) is 0 Å². The topological polar surface area (TPSA) is 25.2 Å². The van der Waals surface area contributed by atoms with Crippen LogP contribution in [0.1, 0.15) is 30.7 Å². The van der Waals surface area contributed by atoms with Crippen molar-refractivity contribution in [1.82, 2.24) is 5.32 Å². The van der Waals surface area contributed by atoms with Crippen molar-refractivity contribution in [2.75, 3.05) is 6.54 Å². The van der Waals surface area contributed by atoms with Gasteiger partial charge in [0.1, 0.15) is 17.2 Å². The van der Waals surface area contributed by atoms with E-state index in [0.29, 0.717) is 0 Å². The van der Waals surface area contributed by atoms with Gasteiger partial charge in [-0.3, -0.25) is 0 Å². The average molecular weight is 415 g/mol. The largest absolute Gasteiger partial charge is 0.459 e. The van der Waals surface area contributed by atoms with E-state index in [1.54, 1.807) is 17.4 Å². The maximum absolute atomic E-state index is 13.3. The first-order chi connectivity index (χ1) is 10.2. The van der Waals surface area contributed by atoms with Crippen molar-refractivity contribution in [1.29, 1.82) is 0 Å². The lowest BCUT2D eigenvalue weighted by Crippen LogP contribution is -2.22. The Bertz CT molecular complexity index is 752. The van der Waals surface area contributed by atoms with E-state index in [1.165, 1.54) is 20.6 Å². The molecule has 0 bridgehead atoms. The molecule has 0 saturated carbocycles. The molecule has 2 aromatic heterocycles. The number of halogens is 2. The van der Waals surface area contributed by atoms with Crippen LogP contribution in [0.2, 0.25) is 0 Å². The summed E-state index contributed by atoms with van der Waals surface area (Å²) >= 11 is 4.04. The van der Waals surface area contributed by atoms with Crippen molar-refractivity contribution in [3.63, 3.8) is 0 Å². The van der Waals surface area contributed by atoms with Crippen molar-refractivity contribution < 1.29 is 8.81 Å². The minimum absolute atomic E-state index is 0.0141. The number of nitrogens with one attached hydrogen (secondary N) is 1. The summed E-state index contributed by atoms with van der Waals surface area (Å²) in [7, 11) is 0. The molecule has 1 aromatic carbocycles. The Labute approximate surface area is 140 Å². The van der Waals surface area contributed by atoms with Gasteiger partial charge in [0.05, 0.1) is 8.93 Å². The first-order valence-electron chi connectivity index (χ1n) is 6.83. The lowest BCUT2D eigenvalue weighted by molar-refractivity contribution is 0.470. The zero-order chi connectivity index (χ0) is 14.8. The molecule has 2 heterocycles. The maximum atomic E-state index is 13.3. The van der Waals surface area contributed by atoms with Crippen LogP contribution in [0.15, 0.2) is 40.1 Å². The third-order valence-corrected chi connectivity index (χ3v) is 5.11. The molecule has 0 aliphatic carbocycles. The van der Waals surface area contributed by atoms with E-state index in [-0.39, 0.29) is 11.9 Å². The molecule has 0 fully saturated rings. The molecule has 0 radical (unpaired) electrons. The van der Waals surface area contributed by atoms with Gasteiger partial charge in [0.15, 0.2) is 0 Å². The number of hydrogen-bond acceptors (Lipinski definition) is 3. The van der Waals surface area contributed by atoms with E-state index in [1.807, 2.05) is 6.07 Å². The Morgan fingerprint density at radius 1 is 1.33 bits per heavy atom. The highest BCUT2D eigenvalue weighted by Gasteiger charge is 2.19. The molecule has 0 saturated heterocycles. The molecule has 5 heteroatoms. The van der Waals surface area contributed by atoms with Crippen LogP contribution in [0, 0.1) is 8.70 Å². The second-order valence-electron chi connectivity index (χ2n) is 4.90. The molecular formula is C16H15FINOS. The Hall–Kier alpha value is -0.920. The van der Waals surface area contributed by atoms with Crippen molar-refractivity contribution in [3.05, 3.63) is 55.7 Å². The van der Waals surface area contributed by atoms with E-state index < -0.39 is 0 Å². The first-order valence-corrected chi connectivity index (χ1v) is 8.79. The van der Waals surface area contributed by atoms with Crippen LogP contribution >= 0.6 is 33.9 Å². The summed E-state index contributed by atoms with van der Waals surface area (Å²) in [5, 5.41) is 6.45. The summed E-state index contributed by atoms with van der Waals surface area (Å²) in [6.07, 6.45) is 1.05.